The van der Waals surface area contributed by atoms with E-state index in [0.29, 0.717) is 12.1 Å². The lowest BCUT2D eigenvalue weighted by atomic mass is 10.1. The standard InChI is InChI=1S/C17H16FN3/c1-12-10-20-15-7-2-3-8-16(15)21(12)11-14-6-4-5-13(9-19)17(14)18/h2-8,12,20H,10-11H2,1H3. The second kappa shape index (κ2) is 5.45. The largest absolute Gasteiger partial charge is 0.381 e. The van der Waals surface area contributed by atoms with Crippen LogP contribution in [0, 0.1) is 17.1 Å². The molecule has 2 aromatic rings. The van der Waals surface area contributed by atoms with Crippen molar-refractivity contribution in [3.63, 3.8) is 0 Å². The van der Waals surface area contributed by atoms with Crippen molar-refractivity contribution in [2.24, 2.45) is 0 Å². The van der Waals surface area contributed by atoms with E-state index in [1.807, 2.05) is 30.3 Å². The molecule has 1 N–H and O–H groups in total. The number of rotatable bonds is 2. The zero-order valence-electron chi connectivity index (χ0n) is 11.8. The van der Waals surface area contributed by atoms with Crippen molar-refractivity contribution in [3.05, 3.63) is 59.4 Å². The van der Waals surface area contributed by atoms with Crippen LogP contribution in [0.4, 0.5) is 15.8 Å². The molecule has 0 bridgehead atoms. The maximum absolute atomic E-state index is 14.3. The summed E-state index contributed by atoms with van der Waals surface area (Å²) in [4.78, 5) is 2.17. The fourth-order valence-electron chi connectivity index (χ4n) is 2.69. The molecule has 106 valence electrons. The molecule has 0 saturated carbocycles. The lowest BCUT2D eigenvalue weighted by Crippen LogP contribution is -2.41. The lowest BCUT2D eigenvalue weighted by molar-refractivity contribution is 0.582. The predicted octanol–water partition coefficient (Wildman–Crippen LogP) is 3.52. The van der Waals surface area contributed by atoms with Gasteiger partial charge in [-0.25, -0.2) is 4.39 Å². The highest BCUT2D eigenvalue weighted by Crippen LogP contribution is 2.32. The number of fused-ring (bicyclic) bond motifs is 1. The quantitative estimate of drug-likeness (QED) is 0.915. The summed E-state index contributed by atoms with van der Waals surface area (Å²) < 4.78 is 14.3. The predicted molar refractivity (Wildman–Crippen MR) is 81.7 cm³/mol. The van der Waals surface area contributed by atoms with Crippen molar-refractivity contribution in [2.75, 3.05) is 16.8 Å². The van der Waals surface area contributed by atoms with Crippen LogP contribution < -0.4 is 10.2 Å². The van der Waals surface area contributed by atoms with E-state index >= 15 is 0 Å². The molecule has 4 heteroatoms. The molecule has 0 aromatic heterocycles. The van der Waals surface area contributed by atoms with Gasteiger partial charge in [0.1, 0.15) is 11.9 Å². The van der Waals surface area contributed by atoms with E-state index in [1.54, 1.807) is 12.1 Å². The zero-order chi connectivity index (χ0) is 14.8. The Kier molecular flexibility index (Phi) is 3.49. The summed E-state index contributed by atoms with van der Waals surface area (Å²) in [6, 6.07) is 15.2. The third kappa shape index (κ3) is 2.43. The van der Waals surface area contributed by atoms with Crippen molar-refractivity contribution in [1.82, 2.24) is 0 Å². The van der Waals surface area contributed by atoms with Gasteiger partial charge >= 0.3 is 0 Å². The summed E-state index contributed by atoms with van der Waals surface area (Å²) in [5, 5.41) is 12.3. The monoisotopic (exact) mass is 281 g/mol. The zero-order valence-corrected chi connectivity index (χ0v) is 11.8. The molecule has 0 saturated heterocycles. The Bertz CT molecular complexity index is 705. The number of hydrogen-bond donors (Lipinski definition) is 1. The Morgan fingerprint density at radius 2 is 2.10 bits per heavy atom. The second-order valence-corrected chi connectivity index (χ2v) is 5.27. The number of halogens is 1. The molecule has 0 radical (unpaired) electrons. The summed E-state index contributed by atoms with van der Waals surface area (Å²) in [7, 11) is 0. The first-order chi connectivity index (χ1) is 10.2. The maximum Gasteiger partial charge on any atom is 0.145 e. The number of nitriles is 1. The molecule has 0 aliphatic carbocycles. The molecule has 1 aliphatic heterocycles. The van der Waals surface area contributed by atoms with Crippen LogP contribution in [0.3, 0.4) is 0 Å². The van der Waals surface area contributed by atoms with Gasteiger partial charge in [-0.2, -0.15) is 5.26 Å². The van der Waals surface area contributed by atoms with E-state index in [-0.39, 0.29) is 11.6 Å². The van der Waals surface area contributed by atoms with Crippen LogP contribution in [0.25, 0.3) is 0 Å². The molecule has 3 nitrogen and oxygen atoms in total. The van der Waals surface area contributed by atoms with Crippen molar-refractivity contribution in [1.29, 1.82) is 5.26 Å². The van der Waals surface area contributed by atoms with Crippen LogP contribution in [0.15, 0.2) is 42.5 Å². The molecule has 2 aromatic carbocycles. The molecule has 1 unspecified atom stereocenters. The molecule has 1 aliphatic rings. The van der Waals surface area contributed by atoms with Gasteiger partial charge < -0.3 is 10.2 Å². The van der Waals surface area contributed by atoms with E-state index in [2.05, 4.69) is 17.1 Å². The molecule has 0 spiro atoms. The minimum atomic E-state index is -0.414. The lowest BCUT2D eigenvalue weighted by Gasteiger charge is -2.37. The normalized spacial score (nSPS) is 16.8. The number of benzene rings is 2. The number of para-hydroxylation sites is 2. The number of anilines is 2. The maximum atomic E-state index is 14.3. The first kappa shape index (κ1) is 13.4. The topological polar surface area (TPSA) is 39.1 Å². The minimum Gasteiger partial charge on any atom is -0.381 e. The average Bonchev–Trinajstić information content (AvgIpc) is 2.52. The molecule has 21 heavy (non-hydrogen) atoms. The van der Waals surface area contributed by atoms with Crippen molar-refractivity contribution in [2.45, 2.75) is 19.5 Å². The van der Waals surface area contributed by atoms with Crippen molar-refractivity contribution in [3.8, 4) is 6.07 Å². The van der Waals surface area contributed by atoms with E-state index in [0.717, 1.165) is 17.9 Å². The molecule has 3 rings (SSSR count). The molecule has 0 fully saturated rings. The highest BCUT2D eigenvalue weighted by atomic mass is 19.1. The second-order valence-electron chi connectivity index (χ2n) is 5.27. The first-order valence-electron chi connectivity index (χ1n) is 6.97. The van der Waals surface area contributed by atoms with Gasteiger partial charge in [-0.1, -0.05) is 24.3 Å². The average molecular weight is 281 g/mol. The Hall–Kier alpha value is -2.54. The van der Waals surface area contributed by atoms with Crippen LogP contribution in [-0.4, -0.2) is 12.6 Å². The highest BCUT2D eigenvalue weighted by Gasteiger charge is 2.23. The smallest absolute Gasteiger partial charge is 0.145 e. The molecule has 1 heterocycles. The van der Waals surface area contributed by atoms with Gasteiger partial charge in [-0.15, -0.1) is 0 Å². The third-order valence-electron chi connectivity index (χ3n) is 3.87. The molecule has 0 amide bonds. The van der Waals surface area contributed by atoms with Crippen LogP contribution >= 0.6 is 0 Å². The summed E-state index contributed by atoms with van der Waals surface area (Å²) >= 11 is 0. The molecule has 1 atom stereocenters. The first-order valence-corrected chi connectivity index (χ1v) is 6.97. The van der Waals surface area contributed by atoms with Gasteiger partial charge in [0.2, 0.25) is 0 Å². The Labute approximate surface area is 123 Å². The van der Waals surface area contributed by atoms with Gasteiger partial charge in [0, 0.05) is 24.7 Å². The molecular formula is C17H16FN3. The number of nitrogens with zero attached hydrogens (tertiary/aromatic N) is 2. The van der Waals surface area contributed by atoms with Gasteiger partial charge in [0.15, 0.2) is 0 Å². The Morgan fingerprint density at radius 3 is 2.90 bits per heavy atom. The number of hydrogen-bond acceptors (Lipinski definition) is 3. The SMILES string of the molecule is CC1CNc2ccccc2N1Cc1cccc(C#N)c1F. The fraction of sp³-hybridized carbons (Fsp3) is 0.235. The summed E-state index contributed by atoms with van der Waals surface area (Å²) in [5.41, 5.74) is 2.78. The van der Waals surface area contributed by atoms with Gasteiger partial charge in [0.05, 0.1) is 16.9 Å². The Balaban J connectivity index is 1.97. The van der Waals surface area contributed by atoms with E-state index < -0.39 is 5.82 Å². The fourth-order valence-corrected chi connectivity index (χ4v) is 2.69. The van der Waals surface area contributed by atoms with Crippen molar-refractivity contribution < 1.29 is 4.39 Å². The summed E-state index contributed by atoms with van der Waals surface area (Å²) in [6.45, 7) is 3.38. The van der Waals surface area contributed by atoms with Crippen LogP contribution in [0.1, 0.15) is 18.1 Å². The van der Waals surface area contributed by atoms with Crippen molar-refractivity contribution >= 4 is 11.4 Å². The Morgan fingerprint density at radius 1 is 1.29 bits per heavy atom. The summed E-state index contributed by atoms with van der Waals surface area (Å²) in [6.07, 6.45) is 0. The van der Waals surface area contributed by atoms with Crippen LogP contribution in [-0.2, 0) is 6.54 Å². The van der Waals surface area contributed by atoms with Gasteiger partial charge in [0.25, 0.3) is 0 Å². The van der Waals surface area contributed by atoms with Gasteiger partial charge in [-0.05, 0) is 25.1 Å². The van der Waals surface area contributed by atoms with Crippen LogP contribution in [0.2, 0.25) is 0 Å². The highest BCUT2D eigenvalue weighted by molar-refractivity contribution is 5.72. The minimum absolute atomic E-state index is 0.101. The van der Waals surface area contributed by atoms with E-state index in [1.165, 1.54) is 6.07 Å². The molecular weight excluding hydrogens is 265 g/mol. The van der Waals surface area contributed by atoms with E-state index in [9.17, 15) is 4.39 Å². The third-order valence-corrected chi connectivity index (χ3v) is 3.87. The van der Waals surface area contributed by atoms with Gasteiger partial charge in [-0.3, -0.25) is 0 Å². The number of nitrogens with one attached hydrogen (secondary N) is 1. The van der Waals surface area contributed by atoms with E-state index in [4.69, 9.17) is 5.26 Å². The van der Waals surface area contributed by atoms with Crippen LogP contribution in [0.5, 0.6) is 0 Å². The summed E-state index contributed by atoms with van der Waals surface area (Å²) in [5.74, 6) is -0.414.